The maximum atomic E-state index is 12.9. The van der Waals surface area contributed by atoms with Crippen molar-refractivity contribution in [2.45, 2.75) is 6.92 Å². The molecule has 9 heteroatoms. The first kappa shape index (κ1) is 23.4. The summed E-state index contributed by atoms with van der Waals surface area (Å²) < 4.78 is 5.39. The van der Waals surface area contributed by atoms with Gasteiger partial charge in [-0.2, -0.15) is 0 Å². The van der Waals surface area contributed by atoms with Crippen molar-refractivity contribution in [1.82, 2.24) is 0 Å². The molecule has 3 aromatic rings. The Kier molecular flexibility index (Phi) is 6.86. The molecule has 0 fully saturated rings. The summed E-state index contributed by atoms with van der Waals surface area (Å²) in [6.07, 6.45) is 0. The Hall–Kier alpha value is -3.81. The van der Waals surface area contributed by atoms with Gasteiger partial charge in [-0.3, -0.25) is 14.4 Å². The summed E-state index contributed by atoms with van der Waals surface area (Å²) in [4.78, 5) is 38.9. The molecule has 0 radical (unpaired) electrons. The molecule has 0 saturated carbocycles. The smallest absolute Gasteiger partial charge is 0.283 e. The van der Waals surface area contributed by atoms with Crippen LogP contribution >= 0.6 is 23.2 Å². The second-order valence-corrected chi connectivity index (χ2v) is 8.04. The van der Waals surface area contributed by atoms with Gasteiger partial charge in [0.2, 0.25) is 0 Å². The van der Waals surface area contributed by atoms with Crippen LogP contribution in [0.4, 0.5) is 17.1 Å². The lowest BCUT2D eigenvalue weighted by molar-refractivity contribution is -0.120. The number of hydrogen-bond acceptors (Lipinski definition) is 5. The first-order chi connectivity index (χ1) is 16.4. The van der Waals surface area contributed by atoms with Crippen LogP contribution in [0.1, 0.15) is 17.3 Å². The largest absolute Gasteiger partial charge is 0.494 e. The molecule has 4 rings (SSSR count). The van der Waals surface area contributed by atoms with Crippen LogP contribution < -0.4 is 20.3 Å². The third-order valence-electron chi connectivity index (χ3n) is 4.93. The van der Waals surface area contributed by atoms with E-state index in [1.165, 1.54) is 6.07 Å². The number of carbonyl (C=O) groups is 3. The number of benzene rings is 3. The quantitative estimate of drug-likeness (QED) is 0.426. The zero-order valence-electron chi connectivity index (χ0n) is 18.0. The van der Waals surface area contributed by atoms with E-state index in [1.807, 2.05) is 6.92 Å². The highest BCUT2D eigenvalue weighted by Gasteiger charge is 2.39. The number of halogens is 2. The zero-order chi connectivity index (χ0) is 24.2. The van der Waals surface area contributed by atoms with Crippen molar-refractivity contribution in [2.75, 3.05) is 22.1 Å². The highest BCUT2D eigenvalue weighted by atomic mass is 35.5. The molecule has 2 N–H and O–H groups in total. The molecule has 0 saturated heterocycles. The molecule has 0 aliphatic carbocycles. The van der Waals surface area contributed by atoms with Crippen molar-refractivity contribution in [2.24, 2.45) is 0 Å². The Morgan fingerprint density at radius 1 is 0.912 bits per heavy atom. The van der Waals surface area contributed by atoms with Gasteiger partial charge in [-0.25, -0.2) is 4.90 Å². The van der Waals surface area contributed by atoms with Crippen LogP contribution in [0.3, 0.4) is 0 Å². The number of nitrogens with zero attached hydrogens (tertiary/aromatic N) is 1. The van der Waals surface area contributed by atoms with Gasteiger partial charge in [0.05, 0.1) is 12.3 Å². The predicted molar refractivity (Wildman–Crippen MR) is 132 cm³/mol. The summed E-state index contributed by atoms with van der Waals surface area (Å²) in [6, 6.07) is 19.8. The predicted octanol–water partition coefficient (Wildman–Crippen LogP) is 5.43. The first-order valence-corrected chi connectivity index (χ1v) is 11.1. The average molecular weight is 496 g/mol. The number of nitrogens with one attached hydrogen (secondary N) is 2. The van der Waals surface area contributed by atoms with E-state index in [0.29, 0.717) is 34.3 Å². The Labute approximate surface area is 205 Å². The van der Waals surface area contributed by atoms with Crippen molar-refractivity contribution in [3.8, 4) is 5.75 Å². The minimum absolute atomic E-state index is 0.0572. The van der Waals surface area contributed by atoms with Crippen molar-refractivity contribution in [1.29, 1.82) is 0 Å². The van der Waals surface area contributed by atoms with E-state index in [9.17, 15) is 14.4 Å². The highest BCUT2D eigenvalue weighted by molar-refractivity contribution is 6.53. The molecule has 0 unspecified atom stereocenters. The highest BCUT2D eigenvalue weighted by Crippen LogP contribution is 2.31. The monoisotopic (exact) mass is 495 g/mol. The summed E-state index contributed by atoms with van der Waals surface area (Å²) >= 11 is 12.1. The van der Waals surface area contributed by atoms with Gasteiger partial charge in [-0.15, -0.1) is 0 Å². The van der Waals surface area contributed by atoms with Crippen LogP contribution in [-0.4, -0.2) is 24.3 Å². The van der Waals surface area contributed by atoms with E-state index in [2.05, 4.69) is 10.6 Å². The molecule has 1 aliphatic rings. The lowest BCUT2D eigenvalue weighted by Gasteiger charge is -2.15. The van der Waals surface area contributed by atoms with Crippen LogP contribution in [0.15, 0.2) is 83.5 Å². The Balaban J connectivity index is 1.44. The summed E-state index contributed by atoms with van der Waals surface area (Å²) in [5, 5.41) is 5.83. The molecule has 0 bridgehead atoms. The number of ether oxygens (including phenoxy) is 1. The molecule has 0 spiro atoms. The molecule has 34 heavy (non-hydrogen) atoms. The molecule has 1 aliphatic heterocycles. The maximum Gasteiger partial charge on any atom is 0.283 e. The van der Waals surface area contributed by atoms with Gasteiger partial charge in [0.1, 0.15) is 16.5 Å². The van der Waals surface area contributed by atoms with Gasteiger partial charge < -0.3 is 15.4 Å². The number of anilines is 3. The van der Waals surface area contributed by atoms with Crippen LogP contribution in [0.5, 0.6) is 5.75 Å². The van der Waals surface area contributed by atoms with E-state index in [1.54, 1.807) is 66.7 Å². The van der Waals surface area contributed by atoms with E-state index in [-0.39, 0.29) is 16.6 Å². The van der Waals surface area contributed by atoms with Gasteiger partial charge in [-0.1, -0.05) is 29.3 Å². The van der Waals surface area contributed by atoms with Gasteiger partial charge in [0.15, 0.2) is 0 Å². The van der Waals surface area contributed by atoms with E-state index < -0.39 is 11.8 Å². The number of carbonyl (C=O) groups excluding carboxylic acids is 3. The SMILES string of the molecule is CCOc1ccc(NC(=O)c2ccc(NC3=C(Cl)C(=O)N(c4cccc(Cl)c4)C3=O)cc2)cc1. The topological polar surface area (TPSA) is 87.7 Å². The molecule has 7 nitrogen and oxygen atoms in total. The zero-order valence-corrected chi connectivity index (χ0v) is 19.5. The standard InChI is InChI=1S/C25H19Cl2N3O4/c1-2-34-20-12-10-18(11-13-20)29-23(31)15-6-8-17(9-7-15)28-22-21(27)24(32)30(25(22)33)19-5-3-4-16(26)14-19/h3-14,28H,2H2,1H3,(H,29,31). The second kappa shape index (κ2) is 9.99. The molecular weight excluding hydrogens is 477 g/mol. The third-order valence-corrected chi connectivity index (χ3v) is 5.52. The number of imide groups is 1. The number of hydrogen-bond donors (Lipinski definition) is 2. The Bertz CT molecular complexity index is 1290. The number of amides is 3. The van der Waals surface area contributed by atoms with Crippen LogP contribution in [0, 0.1) is 0 Å². The van der Waals surface area contributed by atoms with Gasteiger partial charge in [-0.05, 0) is 73.7 Å². The minimum atomic E-state index is -0.650. The molecule has 0 atom stereocenters. The molecular formula is C25H19Cl2N3O4. The average Bonchev–Trinajstić information content (AvgIpc) is 3.04. The van der Waals surface area contributed by atoms with Crippen molar-refractivity contribution < 1.29 is 19.1 Å². The van der Waals surface area contributed by atoms with Gasteiger partial charge >= 0.3 is 0 Å². The lowest BCUT2D eigenvalue weighted by Crippen LogP contribution is -2.32. The van der Waals surface area contributed by atoms with Crippen LogP contribution in [-0.2, 0) is 9.59 Å². The maximum absolute atomic E-state index is 12.9. The van der Waals surface area contributed by atoms with E-state index >= 15 is 0 Å². The molecule has 1 heterocycles. The molecule has 3 amide bonds. The van der Waals surface area contributed by atoms with E-state index in [4.69, 9.17) is 27.9 Å². The van der Waals surface area contributed by atoms with E-state index in [0.717, 1.165) is 10.6 Å². The minimum Gasteiger partial charge on any atom is -0.494 e. The Morgan fingerprint density at radius 3 is 2.24 bits per heavy atom. The van der Waals surface area contributed by atoms with Crippen LogP contribution in [0.25, 0.3) is 0 Å². The fraction of sp³-hybridized carbons (Fsp3) is 0.0800. The summed E-state index contributed by atoms with van der Waals surface area (Å²) in [5.41, 5.74) is 1.79. The Morgan fingerprint density at radius 2 is 1.59 bits per heavy atom. The van der Waals surface area contributed by atoms with Gasteiger partial charge in [0.25, 0.3) is 17.7 Å². The van der Waals surface area contributed by atoms with Gasteiger partial charge in [0, 0.05) is 22.0 Å². The van der Waals surface area contributed by atoms with Crippen molar-refractivity contribution in [3.05, 3.63) is 94.1 Å². The van der Waals surface area contributed by atoms with Crippen molar-refractivity contribution in [3.63, 3.8) is 0 Å². The number of rotatable bonds is 7. The summed E-state index contributed by atoms with van der Waals surface area (Å²) in [6.45, 7) is 2.46. The second-order valence-electron chi connectivity index (χ2n) is 7.23. The third kappa shape index (κ3) is 4.90. The fourth-order valence-corrected chi connectivity index (χ4v) is 3.71. The first-order valence-electron chi connectivity index (χ1n) is 10.3. The molecule has 3 aromatic carbocycles. The van der Waals surface area contributed by atoms with Crippen molar-refractivity contribution >= 4 is 58.0 Å². The summed E-state index contributed by atoms with van der Waals surface area (Å²) in [7, 11) is 0. The normalized spacial score (nSPS) is 13.3. The molecule has 172 valence electrons. The molecule has 0 aromatic heterocycles. The van der Waals surface area contributed by atoms with Crippen LogP contribution in [0.2, 0.25) is 5.02 Å². The lowest BCUT2D eigenvalue weighted by atomic mass is 10.2. The summed E-state index contributed by atoms with van der Waals surface area (Å²) in [5.74, 6) is -0.831. The fourth-order valence-electron chi connectivity index (χ4n) is 3.31.